The quantitative estimate of drug-likeness (QED) is 0.421. The van der Waals surface area contributed by atoms with Crippen LogP contribution in [-0.4, -0.2) is 9.49 Å². The Kier molecular flexibility index (Phi) is 3.65. The Balaban J connectivity index is 2.41. The average Bonchev–Trinajstić information content (AvgIpc) is 2.54. The molecule has 3 aromatic rings. The second kappa shape index (κ2) is 5.61. The van der Waals surface area contributed by atoms with Gasteiger partial charge >= 0.3 is 0 Å². The molecular weight excluding hydrogens is 304 g/mol. The van der Waals surface area contributed by atoms with Crippen molar-refractivity contribution in [2.45, 2.75) is 5.88 Å². The Morgan fingerprint density at radius 1 is 1.09 bits per heavy atom. The van der Waals surface area contributed by atoms with Gasteiger partial charge in [0.25, 0.3) is 11.2 Å². The standard InChI is InChI=1S/C16H11ClN2O3/c17-10-12-8-11-9-14(19(21)22)6-7-15(11)18(16(12)20)13-4-2-1-3-5-13/h1-9H,10H2. The maximum atomic E-state index is 12.6. The van der Waals surface area contributed by atoms with E-state index in [2.05, 4.69) is 0 Å². The Labute approximate surface area is 130 Å². The lowest BCUT2D eigenvalue weighted by molar-refractivity contribution is -0.384. The van der Waals surface area contributed by atoms with Crippen molar-refractivity contribution in [2.75, 3.05) is 0 Å². The number of hydrogen-bond acceptors (Lipinski definition) is 3. The minimum atomic E-state index is -0.461. The number of nitrogens with zero attached hydrogens (tertiary/aromatic N) is 2. The molecule has 0 unspecified atom stereocenters. The van der Waals surface area contributed by atoms with Crippen molar-refractivity contribution < 1.29 is 4.92 Å². The van der Waals surface area contributed by atoms with Crippen LogP contribution < -0.4 is 5.56 Å². The lowest BCUT2D eigenvalue weighted by Gasteiger charge is -2.12. The number of rotatable bonds is 3. The SMILES string of the molecule is O=c1c(CCl)cc2cc([N+](=O)[O-])ccc2n1-c1ccccc1. The van der Waals surface area contributed by atoms with E-state index in [-0.39, 0.29) is 17.1 Å². The number of non-ortho nitro benzene ring substituents is 1. The monoisotopic (exact) mass is 314 g/mol. The minimum Gasteiger partial charge on any atom is -0.277 e. The molecule has 0 aliphatic carbocycles. The van der Waals surface area contributed by atoms with Crippen LogP contribution in [0.15, 0.2) is 59.4 Å². The lowest BCUT2D eigenvalue weighted by atomic mass is 10.1. The third-order valence-corrected chi connectivity index (χ3v) is 3.72. The van der Waals surface area contributed by atoms with Crippen LogP contribution in [0, 0.1) is 10.1 Å². The zero-order valence-corrected chi connectivity index (χ0v) is 12.2. The number of nitro groups is 1. The zero-order valence-electron chi connectivity index (χ0n) is 11.4. The zero-order chi connectivity index (χ0) is 15.7. The summed E-state index contributed by atoms with van der Waals surface area (Å²) in [5, 5.41) is 11.5. The van der Waals surface area contributed by atoms with E-state index >= 15 is 0 Å². The van der Waals surface area contributed by atoms with Crippen LogP contribution in [0.2, 0.25) is 0 Å². The van der Waals surface area contributed by atoms with Crippen molar-refractivity contribution in [3.05, 3.63) is 80.6 Å². The predicted molar refractivity (Wildman–Crippen MR) is 85.8 cm³/mol. The molecule has 0 amide bonds. The largest absolute Gasteiger partial charge is 0.277 e. The number of alkyl halides is 1. The molecule has 0 N–H and O–H groups in total. The van der Waals surface area contributed by atoms with Gasteiger partial charge in [0.15, 0.2) is 0 Å². The highest BCUT2D eigenvalue weighted by atomic mass is 35.5. The molecule has 0 spiro atoms. The number of nitro benzene ring substituents is 1. The summed E-state index contributed by atoms with van der Waals surface area (Å²) in [5.74, 6) is 0.0459. The summed E-state index contributed by atoms with van der Waals surface area (Å²) < 4.78 is 1.52. The first-order chi connectivity index (χ1) is 10.6. The van der Waals surface area contributed by atoms with E-state index in [1.807, 2.05) is 18.2 Å². The molecule has 0 fully saturated rings. The molecule has 0 aliphatic heterocycles. The first kappa shape index (κ1) is 14.3. The lowest BCUT2D eigenvalue weighted by Crippen LogP contribution is -2.22. The number of benzene rings is 2. The molecule has 3 rings (SSSR count). The Bertz CT molecular complexity index is 920. The Morgan fingerprint density at radius 3 is 2.45 bits per heavy atom. The van der Waals surface area contributed by atoms with Crippen LogP contribution in [0.4, 0.5) is 5.69 Å². The molecule has 5 nitrogen and oxygen atoms in total. The highest BCUT2D eigenvalue weighted by Gasteiger charge is 2.13. The number of pyridine rings is 1. The smallest absolute Gasteiger partial charge is 0.270 e. The molecule has 1 heterocycles. The molecule has 2 aromatic carbocycles. The van der Waals surface area contributed by atoms with E-state index in [0.29, 0.717) is 22.2 Å². The molecule has 0 radical (unpaired) electrons. The van der Waals surface area contributed by atoms with Gasteiger partial charge in [-0.15, -0.1) is 11.6 Å². The van der Waals surface area contributed by atoms with Crippen LogP contribution in [0.25, 0.3) is 16.6 Å². The first-order valence-electron chi connectivity index (χ1n) is 6.56. The van der Waals surface area contributed by atoms with Crippen LogP contribution in [-0.2, 0) is 5.88 Å². The fourth-order valence-corrected chi connectivity index (χ4v) is 2.60. The van der Waals surface area contributed by atoms with E-state index in [1.165, 1.54) is 16.7 Å². The van der Waals surface area contributed by atoms with Crippen LogP contribution in [0.3, 0.4) is 0 Å². The van der Waals surface area contributed by atoms with E-state index in [0.717, 1.165) is 0 Å². The molecular formula is C16H11ClN2O3. The summed E-state index contributed by atoms with van der Waals surface area (Å²) in [6, 6.07) is 15.1. The highest BCUT2D eigenvalue weighted by Crippen LogP contribution is 2.23. The molecule has 1 aromatic heterocycles. The van der Waals surface area contributed by atoms with Crippen LogP contribution in [0.1, 0.15) is 5.56 Å². The number of fused-ring (bicyclic) bond motifs is 1. The maximum absolute atomic E-state index is 12.6. The molecule has 6 heteroatoms. The van der Waals surface area contributed by atoms with Crippen molar-refractivity contribution in [3.8, 4) is 5.69 Å². The second-order valence-electron chi connectivity index (χ2n) is 4.78. The van der Waals surface area contributed by atoms with Gasteiger partial charge in [0.05, 0.1) is 16.3 Å². The second-order valence-corrected chi connectivity index (χ2v) is 5.05. The normalized spacial score (nSPS) is 10.8. The fourth-order valence-electron chi connectivity index (χ4n) is 2.41. The van der Waals surface area contributed by atoms with E-state index < -0.39 is 4.92 Å². The van der Waals surface area contributed by atoms with Gasteiger partial charge in [-0.3, -0.25) is 19.5 Å². The summed E-state index contributed by atoms with van der Waals surface area (Å²) in [6.45, 7) is 0. The molecule has 22 heavy (non-hydrogen) atoms. The summed E-state index contributed by atoms with van der Waals surface area (Å²) in [7, 11) is 0. The van der Waals surface area contributed by atoms with E-state index in [1.54, 1.807) is 24.3 Å². The topological polar surface area (TPSA) is 65.1 Å². The Morgan fingerprint density at radius 2 is 1.82 bits per heavy atom. The molecule has 0 saturated heterocycles. The van der Waals surface area contributed by atoms with Gasteiger partial charge in [0.1, 0.15) is 0 Å². The van der Waals surface area contributed by atoms with Gasteiger partial charge in [0.2, 0.25) is 0 Å². The third-order valence-electron chi connectivity index (χ3n) is 3.43. The number of aromatic nitrogens is 1. The van der Waals surface area contributed by atoms with Gasteiger partial charge in [-0.1, -0.05) is 18.2 Å². The fraction of sp³-hybridized carbons (Fsp3) is 0.0625. The summed E-state index contributed by atoms with van der Waals surface area (Å²) in [4.78, 5) is 23.0. The summed E-state index contributed by atoms with van der Waals surface area (Å²) in [5.41, 5.74) is 1.46. The molecule has 0 saturated carbocycles. The van der Waals surface area contributed by atoms with E-state index in [4.69, 9.17) is 11.6 Å². The number of hydrogen-bond donors (Lipinski definition) is 0. The van der Waals surface area contributed by atoms with Crippen LogP contribution >= 0.6 is 11.6 Å². The highest BCUT2D eigenvalue weighted by molar-refractivity contribution is 6.17. The van der Waals surface area contributed by atoms with E-state index in [9.17, 15) is 14.9 Å². The maximum Gasteiger partial charge on any atom is 0.270 e. The number of halogens is 1. The van der Waals surface area contributed by atoms with Crippen LogP contribution in [0.5, 0.6) is 0 Å². The average molecular weight is 315 g/mol. The van der Waals surface area contributed by atoms with Gasteiger partial charge < -0.3 is 0 Å². The molecule has 0 atom stereocenters. The van der Waals surface area contributed by atoms with Crippen molar-refractivity contribution in [1.82, 2.24) is 4.57 Å². The first-order valence-corrected chi connectivity index (χ1v) is 7.10. The third kappa shape index (κ3) is 2.35. The molecule has 0 bridgehead atoms. The summed E-state index contributed by atoms with van der Waals surface area (Å²) in [6.07, 6.45) is 0. The van der Waals surface area contributed by atoms with Gasteiger partial charge in [0, 0.05) is 28.8 Å². The van der Waals surface area contributed by atoms with Crippen molar-refractivity contribution in [2.24, 2.45) is 0 Å². The predicted octanol–water partition coefficient (Wildman–Crippen LogP) is 3.64. The Hall–Kier alpha value is -2.66. The number of para-hydroxylation sites is 1. The van der Waals surface area contributed by atoms with Gasteiger partial charge in [-0.05, 0) is 24.3 Å². The molecule has 110 valence electrons. The molecule has 0 aliphatic rings. The van der Waals surface area contributed by atoms with Gasteiger partial charge in [-0.2, -0.15) is 0 Å². The minimum absolute atomic E-state index is 0.0220. The summed E-state index contributed by atoms with van der Waals surface area (Å²) >= 11 is 5.85. The van der Waals surface area contributed by atoms with Crippen molar-refractivity contribution in [3.63, 3.8) is 0 Å². The van der Waals surface area contributed by atoms with Gasteiger partial charge in [-0.25, -0.2) is 0 Å². The van der Waals surface area contributed by atoms with Crippen molar-refractivity contribution >= 4 is 28.2 Å². The van der Waals surface area contributed by atoms with Crippen molar-refractivity contribution in [1.29, 1.82) is 0 Å².